The number of nitrogens with zero attached hydrogens (tertiary/aromatic N) is 1. The number of hydrogen-bond acceptors (Lipinski definition) is 4. The molecule has 0 aliphatic rings. The number of aryl methyl sites for hydroxylation is 2. The van der Waals surface area contributed by atoms with Crippen LogP contribution in [0.5, 0.6) is 5.75 Å². The number of benzene rings is 2. The van der Waals surface area contributed by atoms with Gasteiger partial charge in [-0.25, -0.2) is 4.98 Å². The van der Waals surface area contributed by atoms with E-state index < -0.39 is 0 Å². The second-order valence-electron chi connectivity index (χ2n) is 5.81. The molecule has 122 valence electrons. The van der Waals surface area contributed by atoms with Crippen LogP contribution in [-0.4, -0.2) is 11.0 Å². The van der Waals surface area contributed by atoms with Crippen molar-refractivity contribution < 1.29 is 13.9 Å². The van der Waals surface area contributed by atoms with Gasteiger partial charge >= 0.3 is 5.97 Å². The summed E-state index contributed by atoms with van der Waals surface area (Å²) in [6.07, 6.45) is 1.57. The van der Waals surface area contributed by atoms with Crippen molar-refractivity contribution >= 4 is 5.97 Å². The first kappa shape index (κ1) is 16.0. The number of carbonyl (C=O) groups is 1. The van der Waals surface area contributed by atoms with Gasteiger partial charge in [-0.05, 0) is 49.6 Å². The van der Waals surface area contributed by atoms with Crippen molar-refractivity contribution in [3.8, 4) is 17.2 Å². The molecule has 3 rings (SSSR count). The first-order chi connectivity index (χ1) is 11.5. The van der Waals surface area contributed by atoms with Crippen LogP contribution in [0.1, 0.15) is 22.4 Å². The molecule has 0 aliphatic heterocycles. The molecule has 0 N–H and O–H groups in total. The predicted octanol–water partition coefficient (Wildman–Crippen LogP) is 4.41. The lowest BCUT2D eigenvalue weighted by molar-refractivity contribution is -0.133. The van der Waals surface area contributed by atoms with Crippen molar-refractivity contribution in [2.75, 3.05) is 0 Å². The largest absolute Gasteiger partial charge is 0.444 e. The van der Waals surface area contributed by atoms with Crippen molar-refractivity contribution in [3.05, 3.63) is 71.1 Å². The van der Waals surface area contributed by atoms with E-state index in [1.165, 1.54) is 6.26 Å². The van der Waals surface area contributed by atoms with E-state index in [0.717, 1.165) is 22.3 Å². The van der Waals surface area contributed by atoms with Gasteiger partial charge in [0.25, 0.3) is 0 Å². The van der Waals surface area contributed by atoms with Gasteiger partial charge in [0.1, 0.15) is 12.0 Å². The number of ether oxygens (including phenoxy) is 1. The molecule has 24 heavy (non-hydrogen) atoms. The van der Waals surface area contributed by atoms with Gasteiger partial charge in [-0.3, -0.25) is 4.79 Å². The molecule has 1 heterocycles. The molecule has 4 heteroatoms. The maximum absolute atomic E-state index is 12.2. The molecule has 4 nitrogen and oxygen atoms in total. The third kappa shape index (κ3) is 3.38. The van der Waals surface area contributed by atoms with E-state index >= 15 is 0 Å². The molecule has 0 radical (unpaired) electrons. The number of oxazole rings is 1. The third-order valence-corrected chi connectivity index (χ3v) is 3.99. The minimum absolute atomic E-state index is 0.0726. The highest BCUT2D eigenvalue weighted by Crippen LogP contribution is 2.26. The van der Waals surface area contributed by atoms with Crippen LogP contribution in [-0.2, 0) is 11.2 Å². The minimum atomic E-state index is -0.347. The topological polar surface area (TPSA) is 52.3 Å². The number of rotatable bonds is 4. The third-order valence-electron chi connectivity index (χ3n) is 3.99. The second kappa shape index (κ2) is 6.71. The Hall–Kier alpha value is -2.88. The van der Waals surface area contributed by atoms with Crippen molar-refractivity contribution in [2.24, 2.45) is 0 Å². The SMILES string of the molecule is Cc1ccc(C)c(OC(=O)Cc2coc(-c3ccccc3)n2)c1C. The summed E-state index contributed by atoms with van der Waals surface area (Å²) in [4.78, 5) is 16.6. The molecule has 0 fully saturated rings. The smallest absolute Gasteiger partial charge is 0.317 e. The van der Waals surface area contributed by atoms with Crippen LogP contribution in [0.4, 0.5) is 0 Å². The molecule has 0 spiro atoms. The fraction of sp³-hybridized carbons (Fsp3) is 0.200. The van der Waals surface area contributed by atoms with Crippen LogP contribution >= 0.6 is 0 Å². The van der Waals surface area contributed by atoms with Gasteiger partial charge in [-0.1, -0.05) is 30.3 Å². The van der Waals surface area contributed by atoms with E-state index in [1.54, 1.807) is 0 Å². The summed E-state index contributed by atoms with van der Waals surface area (Å²) >= 11 is 0. The maximum Gasteiger partial charge on any atom is 0.317 e. The Labute approximate surface area is 141 Å². The quantitative estimate of drug-likeness (QED) is 0.527. The van der Waals surface area contributed by atoms with Crippen LogP contribution in [0, 0.1) is 20.8 Å². The van der Waals surface area contributed by atoms with E-state index in [1.807, 2.05) is 63.2 Å². The highest BCUT2D eigenvalue weighted by atomic mass is 16.5. The Morgan fingerprint density at radius 2 is 1.75 bits per heavy atom. The first-order valence-electron chi connectivity index (χ1n) is 7.82. The van der Waals surface area contributed by atoms with Gasteiger partial charge in [0.2, 0.25) is 5.89 Å². The highest BCUT2D eigenvalue weighted by Gasteiger charge is 2.15. The lowest BCUT2D eigenvalue weighted by Gasteiger charge is -2.11. The second-order valence-corrected chi connectivity index (χ2v) is 5.81. The number of carbonyl (C=O) groups excluding carboxylic acids is 1. The minimum Gasteiger partial charge on any atom is -0.444 e. The molecule has 0 aliphatic carbocycles. The van der Waals surface area contributed by atoms with Crippen molar-refractivity contribution in [1.29, 1.82) is 0 Å². The Morgan fingerprint density at radius 3 is 2.50 bits per heavy atom. The van der Waals surface area contributed by atoms with E-state index in [-0.39, 0.29) is 12.4 Å². The molecule has 0 unspecified atom stereocenters. The van der Waals surface area contributed by atoms with E-state index in [4.69, 9.17) is 9.15 Å². The Balaban J connectivity index is 1.72. The monoisotopic (exact) mass is 321 g/mol. The van der Waals surface area contributed by atoms with E-state index in [2.05, 4.69) is 4.98 Å². The van der Waals surface area contributed by atoms with Crippen molar-refractivity contribution in [1.82, 2.24) is 4.98 Å². The molecule has 0 amide bonds. The summed E-state index contributed by atoms with van der Waals surface area (Å²) in [6, 6.07) is 13.5. The van der Waals surface area contributed by atoms with Gasteiger partial charge in [-0.15, -0.1) is 0 Å². The molecule has 2 aromatic carbocycles. The molecule has 0 saturated carbocycles. The molecular weight excluding hydrogens is 302 g/mol. The van der Waals surface area contributed by atoms with Crippen LogP contribution < -0.4 is 4.74 Å². The summed E-state index contributed by atoms with van der Waals surface area (Å²) < 4.78 is 11.0. The average Bonchev–Trinajstić information content (AvgIpc) is 3.04. The van der Waals surface area contributed by atoms with Crippen LogP contribution in [0.25, 0.3) is 11.5 Å². The summed E-state index contributed by atoms with van der Waals surface area (Å²) in [6.45, 7) is 5.88. The standard InChI is InChI=1S/C20H19NO3/c1-13-9-10-14(2)19(15(13)3)24-18(22)11-17-12-23-20(21-17)16-7-5-4-6-8-16/h4-10,12H,11H2,1-3H3. The Morgan fingerprint density at radius 1 is 1.04 bits per heavy atom. The zero-order chi connectivity index (χ0) is 17.1. The summed E-state index contributed by atoms with van der Waals surface area (Å²) in [5, 5.41) is 0. The Kier molecular flexibility index (Phi) is 4.47. The number of esters is 1. The van der Waals surface area contributed by atoms with Crippen LogP contribution in [0.15, 0.2) is 53.1 Å². The van der Waals surface area contributed by atoms with Gasteiger partial charge in [0, 0.05) is 5.56 Å². The average molecular weight is 321 g/mol. The lowest BCUT2D eigenvalue weighted by Crippen LogP contribution is -2.13. The fourth-order valence-electron chi connectivity index (χ4n) is 2.48. The molecular formula is C20H19NO3. The zero-order valence-corrected chi connectivity index (χ0v) is 14.0. The molecule has 0 saturated heterocycles. The lowest BCUT2D eigenvalue weighted by atomic mass is 10.1. The fourth-order valence-corrected chi connectivity index (χ4v) is 2.48. The summed E-state index contributed by atoms with van der Waals surface area (Å²) in [7, 11) is 0. The number of hydrogen-bond donors (Lipinski definition) is 0. The Bertz CT molecular complexity index is 866. The van der Waals surface area contributed by atoms with Crippen molar-refractivity contribution in [3.63, 3.8) is 0 Å². The molecule has 0 bridgehead atoms. The highest BCUT2D eigenvalue weighted by molar-refractivity contribution is 5.75. The van der Waals surface area contributed by atoms with Gasteiger partial charge in [-0.2, -0.15) is 0 Å². The van der Waals surface area contributed by atoms with E-state index in [0.29, 0.717) is 17.3 Å². The van der Waals surface area contributed by atoms with Gasteiger partial charge in [0.05, 0.1) is 12.1 Å². The van der Waals surface area contributed by atoms with Crippen molar-refractivity contribution in [2.45, 2.75) is 27.2 Å². The molecule has 0 atom stereocenters. The summed E-state index contributed by atoms with van der Waals surface area (Å²) in [5.41, 5.74) is 4.45. The molecule has 1 aromatic heterocycles. The predicted molar refractivity (Wildman–Crippen MR) is 91.9 cm³/mol. The number of aromatic nitrogens is 1. The van der Waals surface area contributed by atoms with Gasteiger partial charge < -0.3 is 9.15 Å². The normalized spacial score (nSPS) is 10.6. The molecule has 3 aromatic rings. The summed E-state index contributed by atoms with van der Waals surface area (Å²) in [5.74, 6) is 0.785. The van der Waals surface area contributed by atoms with Crippen LogP contribution in [0.3, 0.4) is 0 Å². The maximum atomic E-state index is 12.2. The zero-order valence-electron chi connectivity index (χ0n) is 14.0. The van der Waals surface area contributed by atoms with E-state index in [9.17, 15) is 4.79 Å². The van der Waals surface area contributed by atoms with Gasteiger partial charge in [0.15, 0.2) is 0 Å². The first-order valence-corrected chi connectivity index (χ1v) is 7.82. The van der Waals surface area contributed by atoms with Crippen LogP contribution in [0.2, 0.25) is 0 Å².